The lowest BCUT2D eigenvalue weighted by Crippen LogP contribution is -2.36. The molecule has 0 spiro atoms. The predicted octanol–water partition coefficient (Wildman–Crippen LogP) is 2.64. The van der Waals surface area contributed by atoms with Gasteiger partial charge in [0.2, 0.25) is 0 Å². The molecule has 0 aromatic carbocycles. The lowest BCUT2D eigenvalue weighted by atomic mass is 10.2. The van der Waals surface area contributed by atoms with Crippen molar-refractivity contribution < 1.29 is 8.78 Å². The van der Waals surface area contributed by atoms with E-state index in [1.807, 2.05) is 6.92 Å². The van der Waals surface area contributed by atoms with Crippen LogP contribution in [0.2, 0.25) is 0 Å². The van der Waals surface area contributed by atoms with Crippen LogP contribution in [0, 0.1) is 0 Å². The molecule has 2 aliphatic heterocycles. The lowest BCUT2D eigenvalue weighted by Gasteiger charge is -2.30. The summed E-state index contributed by atoms with van der Waals surface area (Å²) in [7, 11) is 0. The fourth-order valence-electron chi connectivity index (χ4n) is 2.11. The molecule has 0 amide bonds. The van der Waals surface area contributed by atoms with Gasteiger partial charge >= 0.3 is 0 Å². The van der Waals surface area contributed by atoms with Gasteiger partial charge in [0, 0.05) is 25.8 Å². The van der Waals surface area contributed by atoms with Crippen molar-refractivity contribution in [3.05, 3.63) is 48.2 Å². The summed E-state index contributed by atoms with van der Waals surface area (Å²) in [6.45, 7) is 10.7. The first kappa shape index (κ1) is 13.8. The van der Waals surface area contributed by atoms with Crippen molar-refractivity contribution in [2.45, 2.75) is 19.5 Å². The molecule has 5 heteroatoms. The molecule has 2 aliphatic rings. The largest absolute Gasteiger partial charge is 0.366 e. The Morgan fingerprint density at radius 3 is 2.89 bits per heavy atom. The molecule has 0 saturated carbocycles. The Labute approximate surface area is 112 Å². The number of nitrogens with zero attached hydrogens (tertiary/aromatic N) is 2. The third kappa shape index (κ3) is 3.04. The van der Waals surface area contributed by atoms with Crippen LogP contribution in [0.1, 0.15) is 13.3 Å². The zero-order valence-corrected chi connectivity index (χ0v) is 11.1. The number of hydrogen-bond donors (Lipinski definition) is 1. The molecule has 0 aromatic heterocycles. The third-order valence-electron chi connectivity index (χ3n) is 3.17. The number of likely N-dealkylation sites (tertiary alicyclic amines) is 1. The van der Waals surface area contributed by atoms with Crippen molar-refractivity contribution >= 4 is 0 Å². The van der Waals surface area contributed by atoms with Gasteiger partial charge in [-0.3, -0.25) is 5.01 Å². The predicted molar refractivity (Wildman–Crippen MR) is 72.2 cm³/mol. The van der Waals surface area contributed by atoms with Gasteiger partial charge < -0.3 is 4.90 Å². The number of nitrogens with one attached hydrogen (secondary N) is 1. The Morgan fingerprint density at radius 1 is 1.58 bits per heavy atom. The molecule has 1 atom stereocenters. The molecule has 19 heavy (non-hydrogen) atoms. The van der Waals surface area contributed by atoms with Crippen LogP contribution >= 0.6 is 0 Å². The number of hydrogen-bond acceptors (Lipinski definition) is 3. The molecule has 104 valence electrons. The lowest BCUT2D eigenvalue weighted by molar-refractivity contribution is 0.304. The highest BCUT2D eigenvalue weighted by molar-refractivity contribution is 5.37. The minimum atomic E-state index is -0.874. The minimum absolute atomic E-state index is 0.237. The molecule has 3 nitrogen and oxygen atoms in total. The van der Waals surface area contributed by atoms with Crippen molar-refractivity contribution in [3.63, 3.8) is 0 Å². The Balaban J connectivity index is 2.06. The number of allylic oxidation sites excluding steroid dienone is 2. The van der Waals surface area contributed by atoms with Crippen molar-refractivity contribution in [1.82, 2.24) is 15.3 Å². The molecule has 2 heterocycles. The molecule has 1 unspecified atom stereocenters. The molecule has 0 radical (unpaired) electrons. The van der Waals surface area contributed by atoms with E-state index in [-0.39, 0.29) is 12.2 Å². The van der Waals surface area contributed by atoms with Gasteiger partial charge in [-0.25, -0.2) is 14.2 Å². The van der Waals surface area contributed by atoms with E-state index >= 15 is 0 Å². The molecular weight excluding hydrogens is 248 g/mol. The number of rotatable bonds is 4. The molecule has 1 N–H and O–H groups in total. The Hall–Kier alpha value is -1.62. The van der Waals surface area contributed by atoms with E-state index in [2.05, 4.69) is 18.6 Å². The molecule has 2 rings (SSSR count). The smallest absolute Gasteiger partial charge is 0.170 e. The first-order valence-corrected chi connectivity index (χ1v) is 6.32. The standard InChI is InChI=1S/C14H19F2N3/c1-10(2)8-17-19-7-5-13(14(16)11(19)3)18-6-4-12(15)9-18/h5,7,12,17H,1,3-4,6,8-9H2,2H3. The molecule has 0 aliphatic carbocycles. The Kier molecular flexibility index (Phi) is 4.04. The van der Waals surface area contributed by atoms with E-state index in [0.29, 0.717) is 25.2 Å². The summed E-state index contributed by atoms with van der Waals surface area (Å²) in [4.78, 5) is 1.72. The van der Waals surface area contributed by atoms with Crippen LogP contribution in [-0.4, -0.2) is 35.7 Å². The fourth-order valence-corrected chi connectivity index (χ4v) is 2.11. The number of alkyl halides is 1. The van der Waals surface area contributed by atoms with Crippen molar-refractivity contribution in [2.75, 3.05) is 19.6 Å². The zero-order valence-electron chi connectivity index (χ0n) is 11.1. The number of halogens is 2. The van der Waals surface area contributed by atoms with Gasteiger partial charge in [-0.05, 0) is 19.4 Å². The summed E-state index contributed by atoms with van der Waals surface area (Å²) >= 11 is 0. The van der Waals surface area contributed by atoms with Crippen LogP contribution in [0.3, 0.4) is 0 Å². The fraction of sp³-hybridized carbons (Fsp3) is 0.429. The minimum Gasteiger partial charge on any atom is -0.366 e. The van der Waals surface area contributed by atoms with E-state index in [9.17, 15) is 8.78 Å². The summed E-state index contributed by atoms with van der Waals surface area (Å²) in [5.41, 5.74) is 4.60. The maximum Gasteiger partial charge on any atom is 0.170 e. The number of hydrazine groups is 1. The van der Waals surface area contributed by atoms with Gasteiger partial charge in [-0.2, -0.15) is 0 Å². The van der Waals surface area contributed by atoms with Crippen molar-refractivity contribution in [3.8, 4) is 0 Å². The average molecular weight is 267 g/mol. The van der Waals surface area contributed by atoms with Crippen LogP contribution in [0.15, 0.2) is 48.2 Å². The van der Waals surface area contributed by atoms with Crippen LogP contribution < -0.4 is 5.43 Å². The summed E-state index contributed by atoms with van der Waals surface area (Å²) < 4.78 is 27.4. The van der Waals surface area contributed by atoms with E-state index in [1.54, 1.807) is 17.2 Å². The SMILES string of the molecule is C=C(C)CNN1C=CC(N2CCC(F)C2)=C(F)C1=C. The normalized spacial score (nSPS) is 23.5. The summed E-state index contributed by atoms with van der Waals surface area (Å²) in [5.74, 6) is -0.411. The van der Waals surface area contributed by atoms with Gasteiger partial charge in [0.15, 0.2) is 5.83 Å². The maximum absolute atomic E-state index is 14.3. The summed E-state index contributed by atoms with van der Waals surface area (Å²) in [5, 5.41) is 1.52. The van der Waals surface area contributed by atoms with Gasteiger partial charge in [0.25, 0.3) is 0 Å². The van der Waals surface area contributed by atoms with Gasteiger partial charge in [0.1, 0.15) is 6.17 Å². The van der Waals surface area contributed by atoms with Gasteiger partial charge in [0.05, 0.1) is 11.4 Å². The second-order valence-corrected chi connectivity index (χ2v) is 4.96. The van der Waals surface area contributed by atoms with Crippen LogP contribution in [0.25, 0.3) is 0 Å². The van der Waals surface area contributed by atoms with Crippen LogP contribution in [0.5, 0.6) is 0 Å². The molecular formula is C14H19F2N3. The first-order valence-electron chi connectivity index (χ1n) is 6.32. The van der Waals surface area contributed by atoms with E-state index < -0.39 is 12.0 Å². The highest BCUT2D eigenvalue weighted by atomic mass is 19.1. The highest BCUT2D eigenvalue weighted by Crippen LogP contribution is 2.29. The van der Waals surface area contributed by atoms with Crippen LogP contribution in [-0.2, 0) is 0 Å². The quantitative estimate of drug-likeness (QED) is 0.790. The van der Waals surface area contributed by atoms with E-state index in [1.165, 1.54) is 5.01 Å². The molecule has 0 bridgehead atoms. The average Bonchev–Trinajstić information content (AvgIpc) is 2.77. The van der Waals surface area contributed by atoms with Crippen molar-refractivity contribution in [1.29, 1.82) is 0 Å². The van der Waals surface area contributed by atoms with E-state index in [0.717, 1.165) is 5.57 Å². The van der Waals surface area contributed by atoms with Gasteiger partial charge in [-0.15, -0.1) is 0 Å². The van der Waals surface area contributed by atoms with Crippen molar-refractivity contribution in [2.24, 2.45) is 0 Å². The second-order valence-electron chi connectivity index (χ2n) is 4.96. The van der Waals surface area contributed by atoms with E-state index in [4.69, 9.17) is 0 Å². The van der Waals surface area contributed by atoms with Crippen LogP contribution in [0.4, 0.5) is 8.78 Å². The third-order valence-corrected chi connectivity index (χ3v) is 3.17. The molecule has 1 saturated heterocycles. The maximum atomic E-state index is 14.3. The zero-order chi connectivity index (χ0) is 14.0. The molecule has 1 fully saturated rings. The topological polar surface area (TPSA) is 18.5 Å². The Bertz CT molecular complexity index is 454. The van der Waals surface area contributed by atoms with Gasteiger partial charge in [-0.1, -0.05) is 18.7 Å². The Morgan fingerprint density at radius 2 is 2.32 bits per heavy atom. The highest BCUT2D eigenvalue weighted by Gasteiger charge is 2.28. The first-order chi connectivity index (χ1) is 8.99. The summed E-state index contributed by atoms with van der Waals surface area (Å²) in [6, 6.07) is 0. The molecule has 0 aromatic rings. The summed E-state index contributed by atoms with van der Waals surface area (Å²) in [6.07, 6.45) is 2.93. The second kappa shape index (κ2) is 5.57. The monoisotopic (exact) mass is 267 g/mol.